The maximum atomic E-state index is 9.04. The average molecular weight is 359 g/mol. The van der Waals surface area contributed by atoms with Crippen molar-refractivity contribution in [3.8, 4) is 6.07 Å². The number of hydrogen-bond donors (Lipinski definition) is 3. The van der Waals surface area contributed by atoms with Crippen LogP contribution in [0.15, 0.2) is 30.6 Å². The van der Waals surface area contributed by atoms with Gasteiger partial charge in [-0.25, -0.2) is 4.98 Å². The van der Waals surface area contributed by atoms with Gasteiger partial charge in [-0.15, -0.1) is 12.4 Å². The molecule has 0 aliphatic heterocycles. The Kier molecular flexibility index (Phi) is 6.11. The summed E-state index contributed by atoms with van der Waals surface area (Å²) in [7, 11) is 0. The smallest absolute Gasteiger partial charge is 0.226 e. The maximum Gasteiger partial charge on any atom is 0.226 e. The van der Waals surface area contributed by atoms with Gasteiger partial charge < -0.3 is 20.9 Å². The molecular formula is C16H19ClN8. The van der Waals surface area contributed by atoms with Crippen LogP contribution in [0.4, 0.5) is 17.5 Å². The van der Waals surface area contributed by atoms with Crippen molar-refractivity contribution >= 4 is 41.0 Å². The van der Waals surface area contributed by atoms with E-state index in [0.29, 0.717) is 35.9 Å². The van der Waals surface area contributed by atoms with Gasteiger partial charge in [-0.1, -0.05) is 6.07 Å². The van der Waals surface area contributed by atoms with Crippen molar-refractivity contribution in [1.82, 2.24) is 19.5 Å². The van der Waals surface area contributed by atoms with Crippen molar-refractivity contribution in [1.29, 1.82) is 5.26 Å². The molecule has 0 amide bonds. The maximum absolute atomic E-state index is 9.04. The second kappa shape index (κ2) is 8.28. The van der Waals surface area contributed by atoms with Crippen LogP contribution in [0.5, 0.6) is 0 Å². The summed E-state index contributed by atoms with van der Waals surface area (Å²) in [4.78, 5) is 13.4. The fourth-order valence-electron chi connectivity index (χ4n) is 2.33. The Hall–Kier alpha value is -2.89. The molecule has 0 saturated carbocycles. The van der Waals surface area contributed by atoms with Crippen LogP contribution in [-0.4, -0.2) is 32.6 Å². The van der Waals surface area contributed by atoms with Gasteiger partial charge in [-0.05, 0) is 25.1 Å². The lowest BCUT2D eigenvalue weighted by atomic mass is 10.2. The molecule has 3 aromatic rings. The molecular weight excluding hydrogens is 340 g/mol. The van der Waals surface area contributed by atoms with Gasteiger partial charge in [0.25, 0.3) is 0 Å². The number of imidazole rings is 1. The predicted octanol–water partition coefficient (Wildman–Crippen LogP) is 2.25. The van der Waals surface area contributed by atoms with Crippen LogP contribution in [0.3, 0.4) is 0 Å². The minimum Gasteiger partial charge on any atom is -0.353 e. The van der Waals surface area contributed by atoms with E-state index in [4.69, 9.17) is 11.0 Å². The third kappa shape index (κ3) is 3.96. The fraction of sp³-hybridized carbons (Fsp3) is 0.250. The molecule has 0 aliphatic carbocycles. The van der Waals surface area contributed by atoms with Crippen molar-refractivity contribution in [2.45, 2.75) is 13.5 Å². The lowest BCUT2D eigenvalue weighted by Crippen LogP contribution is -2.15. The number of rotatable bonds is 6. The van der Waals surface area contributed by atoms with Gasteiger partial charge in [0.05, 0.1) is 18.0 Å². The summed E-state index contributed by atoms with van der Waals surface area (Å²) in [5, 5.41) is 15.4. The number of aromatic nitrogens is 4. The highest BCUT2D eigenvalue weighted by Gasteiger charge is 2.13. The molecule has 0 bridgehead atoms. The first-order valence-corrected chi connectivity index (χ1v) is 7.69. The third-order valence-electron chi connectivity index (χ3n) is 3.49. The number of hydrogen-bond acceptors (Lipinski definition) is 7. The molecule has 1 aromatic carbocycles. The molecule has 0 fully saturated rings. The minimum absolute atomic E-state index is 0. The van der Waals surface area contributed by atoms with Gasteiger partial charge in [-0.3, -0.25) is 0 Å². The summed E-state index contributed by atoms with van der Waals surface area (Å²) >= 11 is 0. The molecule has 8 nitrogen and oxygen atoms in total. The molecule has 130 valence electrons. The minimum atomic E-state index is 0. The van der Waals surface area contributed by atoms with Gasteiger partial charge >= 0.3 is 0 Å². The summed E-state index contributed by atoms with van der Waals surface area (Å²) in [6.07, 6.45) is 1.74. The molecule has 4 N–H and O–H groups in total. The Bertz CT molecular complexity index is 899. The molecule has 0 radical (unpaired) electrons. The highest BCUT2D eigenvalue weighted by atomic mass is 35.5. The highest BCUT2D eigenvalue weighted by Crippen LogP contribution is 2.24. The number of nitrogens with one attached hydrogen (secondary N) is 2. The van der Waals surface area contributed by atoms with Gasteiger partial charge in [0.15, 0.2) is 17.0 Å². The van der Waals surface area contributed by atoms with E-state index in [1.165, 1.54) is 0 Å². The Morgan fingerprint density at radius 3 is 2.88 bits per heavy atom. The second-order valence-corrected chi connectivity index (χ2v) is 5.13. The monoisotopic (exact) mass is 358 g/mol. The van der Waals surface area contributed by atoms with Gasteiger partial charge in [-0.2, -0.15) is 15.2 Å². The molecule has 9 heteroatoms. The Morgan fingerprint density at radius 2 is 2.16 bits per heavy atom. The first-order chi connectivity index (χ1) is 11.7. The molecule has 25 heavy (non-hydrogen) atoms. The summed E-state index contributed by atoms with van der Waals surface area (Å²) in [5.41, 5.74) is 8.30. The number of aryl methyl sites for hydroxylation is 1. The molecule has 0 spiro atoms. The zero-order valence-electron chi connectivity index (χ0n) is 13.7. The Balaban J connectivity index is 0.00000225. The van der Waals surface area contributed by atoms with Gasteiger partial charge in [0.1, 0.15) is 0 Å². The molecule has 0 aliphatic rings. The van der Waals surface area contributed by atoms with E-state index in [0.717, 1.165) is 17.9 Å². The SMILES string of the molecule is CCn1cnc2c(Nc3cccc(C#N)c3)nc(NCCN)nc21.Cl. The van der Waals surface area contributed by atoms with E-state index < -0.39 is 0 Å². The molecule has 0 atom stereocenters. The van der Waals surface area contributed by atoms with Gasteiger partial charge in [0.2, 0.25) is 5.95 Å². The van der Waals surface area contributed by atoms with E-state index in [1.807, 2.05) is 23.6 Å². The topological polar surface area (TPSA) is 117 Å². The third-order valence-corrected chi connectivity index (χ3v) is 3.49. The van der Waals surface area contributed by atoms with Crippen molar-refractivity contribution in [3.05, 3.63) is 36.2 Å². The molecule has 2 aromatic heterocycles. The first-order valence-electron chi connectivity index (χ1n) is 7.69. The van der Waals surface area contributed by atoms with Crippen LogP contribution in [0.25, 0.3) is 11.2 Å². The van der Waals surface area contributed by atoms with E-state index in [1.54, 1.807) is 18.5 Å². The number of benzene rings is 1. The quantitative estimate of drug-likeness (QED) is 0.618. The summed E-state index contributed by atoms with van der Waals surface area (Å²) in [6, 6.07) is 9.33. The zero-order chi connectivity index (χ0) is 16.9. The number of halogens is 1. The lowest BCUT2D eigenvalue weighted by molar-refractivity contribution is 0.777. The van der Waals surface area contributed by atoms with Crippen LogP contribution in [0, 0.1) is 11.3 Å². The molecule has 0 unspecified atom stereocenters. The van der Waals surface area contributed by atoms with Crippen molar-refractivity contribution in [2.24, 2.45) is 5.73 Å². The predicted molar refractivity (Wildman–Crippen MR) is 100 cm³/mol. The Labute approximate surface area is 151 Å². The number of nitrogens with two attached hydrogens (primary N) is 1. The van der Waals surface area contributed by atoms with E-state index in [-0.39, 0.29) is 12.4 Å². The van der Waals surface area contributed by atoms with E-state index >= 15 is 0 Å². The number of nitriles is 1. The molecule has 0 saturated heterocycles. The zero-order valence-corrected chi connectivity index (χ0v) is 14.5. The van der Waals surface area contributed by atoms with Crippen LogP contribution >= 0.6 is 12.4 Å². The van der Waals surface area contributed by atoms with Crippen molar-refractivity contribution in [2.75, 3.05) is 23.7 Å². The molecule has 3 rings (SSSR count). The van der Waals surface area contributed by atoms with Crippen molar-refractivity contribution in [3.63, 3.8) is 0 Å². The van der Waals surface area contributed by atoms with Crippen LogP contribution in [0.2, 0.25) is 0 Å². The van der Waals surface area contributed by atoms with Crippen molar-refractivity contribution < 1.29 is 0 Å². The van der Waals surface area contributed by atoms with Crippen LogP contribution in [-0.2, 0) is 6.54 Å². The number of fused-ring (bicyclic) bond motifs is 1. The highest BCUT2D eigenvalue weighted by molar-refractivity contribution is 5.86. The largest absolute Gasteiger partial charge is 0.353 e. The number of anilines is 3. The first kappa shape index (κ1) is 18.4. The summed E-state index contributed by atoms with van der Waals surface area (Å²) in [6.45, 7) is 3.85. The van der Waals surface area contributed by atoms with E-state index in [9.17, 15) is 0 Å². The second-order valence-electron chi connectivity index (χ2n) is 5.13. The molecule has 2 heterocycles. The van der Waals surface area contributed by atoms with Crippen LogP contribution in [0.1, 0.15) is 12.5 Å². The standard InChI is InChI=1S/C16H18N8.ClH/c1-2-24-10-20-13-14(21-12-5-3-4-11(8-12)9-18)22-16(19-7-6-17)23-15(13)24;/h3-5,8,10H,2,6-7,17H2,1H3,(H2,19,21,22,23);1H. The van der Waals surface area contributed by atoms with E-state index in [2.05, 4.69) is 31.7 Å². The lowest BCUT2D eigenvalue weighted by Gasteiger charge is -2.10. The summed E-state index contributed by atoms with van der Waals surface area (Å²) in [5.74, 6) is 1.07. The average Bonchev–Trinajstić information content (AvgIpc) is 3.03. The summed E-state index contributed by atoms with van der Waals surface area (Å²) < 4.78 is 1.95. The number of nitrogens with zero attached hydrogens (tertiary/aromatic N) is 5. The fourth-order valence-corrected chi connectivity index (χ4v) is 2.33. The normalized spacial score (nSPS) is 10.1. The van der Waals surface area contributed by atoms with Crippen LogP contribution < -0.4 is 16.4 Å². The van der Waals surface area contributed by atoms with Gasteiger partial charge in [0, 0.05) is 25.3 Å². The Morgan fingerprint density at radius 1 is 1.32 bits per heavy atom.